The zero-order valence-corrected chi connectivity index (χ0v) is 19.6. The van der Waals surface area contributed by atoms with E-state index in [9.17, 15) is 13.2 Å². The Morgan fingerprint density at radius 3 is 2.76 bits per heavy atom. The number of sulfone groups is 1. The molecule has 34 heavy (non-hydrogen) atoms. The number of hydrogen-bond donors (Lipinski definition) is 2. The van der Waals surface area contributed by atoms with Crippen LogP contribution in [0.5, 0.6) is 0 Å². The highest BCUT2D eigenvalue weighted by molar-refractivity contribution is 7.92. The van der Waals surface area contributed by atoms with Gasteiger partial charge in [-0.1, -0.05) is 35.0 Å². The molecule has 11 heteroatoms. The monoisotopic (exact) mass is 502 g/mol. The number of carbonyl (C=O) groups excluding carboxylic acids is 1. The van der Waals surface area contributed by atoms with Gasteiger partial charge in [-0.3, -0.25) is 4.79 Å². The number of aromatic nitrogens is 3. The van der Waals surface area contributed by atoms with E-state index in [-0.39, 0.29) is 36.0 Å². The van der Waals surface area contributed by atoms with E-state index in [1.807, 2.05) is 6.07 Å². The lowest BCUT2D eigenvalue weighted by atomic mass is 9.98. The second kappa shape index (κ2) is 8.21. The third-order valence-electron chi connectivity index (χ3n) is 6.08. The predicted molar refractivity (Wildman–Crippen MR) is 122 cm³/mol. The number of hydrogen-bond acceptors (Lipinski definition) is 6. The van der Waals surface area contributed by atoms with Crippen molar-refractivity contribution in [1.82, 2.24) is 20.4 Å². The van der Waals surface area contributed by atoms with Crippen molar-refractivity contribution in [2.24, 2.45) is 5.92 Å². The van der Waals surface area contributed by atoms with Crippen molar-refractivity contribution in [3.8, 4) is 0 Å². The topological polar surface area (TPSA) is 118 Å². The second-order valence-corrected chi connectivity index (χ2v) is 10.8. The SMILES string of the molecule is CC(=O)NCc1noc(C(F)(C2Cc3[nH]c4ccc(Cl)cc4c3C2)S(=O)(=O)c2ccccc2)n1. The quantitative estimate of drug-likeness (QED) is 0.413. The molecule has 0 spiro atoms. The van der Waals surface area contributed by atoms with Gasteiger partial charge in [0.15, 0.2) is 5.82 Å². The molecule has 1 amide bonds. The van der Waals surface area contributed by atoms with E-state index in [0.29, 0.717) is 5.02 Å². The Morgan fingerprint density at radius 2 is 2.03 bits per heavy atom. The first-order chi connectivity index (χ1) is 16.2. The van der Waals surface area contributed by atoms with Crippen LogP contribution in [0.15, 0.2) is 57.9 Å². The first-order valence-electron chi connectivity index (χ1n) is 10.5. The Kier molecular flexibility index (Phi) is 5.44. The Bertz CT molecular complexity index is 1500. The molecule has 2 aromatic heterocycles. The van der Waals surface area contributed by atoms with Crippen LogP contribution >= 0.6 is 11.6 Å². The first kappa shape index (κ1) is 22.5. The molecule has 2 atom stereocenters. The van der Waals surface area contributed by atoms with E-state index in [2.05, 4.69) is 20.4 Å². The molecule has 0 saturated heterocycles. The molecule has 0 saturated carbocycles. The zero-order valence-electron chi connectivity index (χ0n) is 18.0. The average Bonchev–Trinajstić information content (AvgIpc) is 3.53. The van der Waals surface area contributed by atoms with Crippen molar-refractivity contribution in [1.29, 1.82) is 0 Å². The molecule has 0 radical (unpaired) electrons. The van der Waals surface area contributed by atoms with Crippen molar-refractivity contribution in [2.45, 2.75) is 36.2 Å². The zero-order chi connectivity index (χ0) is 24.1. The summed E-state index contributed by atoms with van der Waals surface area (Å²) in [5.41, 5.74) is 2.40. The maximum absolute atomic E-state index is 17.1. The number of carbonyl (C=O) groups is 1. The molecule has 0 fully saturated rings. The molecule has 1 aliphatic rings. The molecule has 2 heterocycles. The lowest BCUT2D eigenvalue weighted by Crippen LogP contribution is -2.40. The summed E-state index contributed by atoms with van der Waals surface area (Å²) in [6.45, 7) is 1.19. The van der Waals surface area contributed by atoms with E-state index < -0.39 is 26.6 Å². The summed E-state index contributed by atoms with van der Waals surface area (Å²) < 4.78 is 49.7. The largest absolute Gasteiger partial charge is 0.358 e. The number of nitrogens with zero attached hydrogens (tertiary/aromatic N) is 2. The smallest absolute Gasteiger partial charge is 0.295 e. The molecular weight excluding hydrogens is 483 g/mol. The highest BCUT2D eigenvalue weighted by Gasteiger charge is 2.59. The number of benzene rings is 2. The van der Waals surface area contributed by atoms with Crippen molar-refractivity contribution < 1.29 is 22.1 Å². The van der Waals surface area contributed by atoms with Gasteiger partial charge in [-0.05, 0) is 48.7 Å². The molecule has 8 nitrogen and oxygen atoms in total. The number of H-pyrrole nitrogens is 1. The van der Waals surface area contributed by atoms with Gasteiger partial charge in [-0.15, -0.1) is 0 Å². The maximum atomic E-state index is 17.1. The molecule has 0 aliphatic heterocycles. The van der Waals surface area contributed by atoms with E-state index in [1.54, 1.807) is 18.2 Å². The van der Waals surface area contributed by atoms with E-state index in [4.69, 9.17) is 16.1 Å². The molecule has 4 aromatic rings. The van der Waals surface area contributed by atoms with Crippen LogP contribution in [0, 0.1) is 5.92 Å². The number of alkyl halides is 1. The number of fused-ring (bicyclic) bond motifs is 3. The molecule has 1 aliphatic carbocycles. The van der Waals surface area contributed by atoms with E-state index >= 15 is 4.39 Å². The van der Waals surface area contributed by atoms with E-state index in [1.165, 1.54) is 31.2 Å². The molecule has 2 N–H and O–H groups in total. The lowest BCUT2D eigenvalue weighted by molar-refractivity contribution is -0.119. The van der Waals surface area contributed by atoms with Crippen LogP contribution in [0.3, 0.4) is 0 Å². The van der Waals surface area contributed by atoms with Gasteiger partial charge in [0.2, 0.25) is 15.7 Å². The molecule has 2 aromatic carbocycles. The summed E-state index contributed by atoms with van der Waals surface area (Å²) in [5, 5.41) is 4.54. The van der Waals surface area contributed by atoms with Crippen LogP contribution in [0.1, 0.15) is 29.9 Å². The Balaban J connectivity index is 1.60. The van der Waals surface area contributed by atoms with Gasteiger partial charge in [0.25, 0.3) is 10.9 Å². The van der Waals surface area contributed by atoms with Crippen LogP contribution in [-0.4, -0.2) is 29.4 Å². The van der Waals surface area contributed by atoms with Gasteiger partial charge < -0.3 is 14.8 Å². The standard InChI is InChI=1S/C23H20ClFN4O4S/c1-13(30)26-12-21-28-22(33-29-21)23(25,34(31,32)16-5-3-2-4-6-16)14-9-17-18-11-15(24)7-8-19(18)27-20(17)10-14/h2-8,11,14,27H,9-10,12H2,1H3,(H,26,30). The normalized spacial score (nSPS) is 17.4. The summed E-state index contributed by atoms with van der Waals surface area (Å²) in [4.78, 5) is 18.3. The number of aromatic amines is 1. The Morgan fingerprint density at radius 1 is 1.26 bits per heavy atom. The molecule has 2 unspecified atom stereocenters. The third kappa shape index (κ3) is 3.57. The number of halogens is 2. The minimum Gasteiger partial charge on any atom is -0.358 e. The Labute approximate surface area is 199 Å². The number of amides is 1. The first-order valence-corrected chi connectivity index (χ1v) is 12.4. The van der Waals surface area contributed by atoms with Gasteiger partial charge in [0.1, 0.15) is 0 Å². The molecule has 176 valence electrons. The van der Waals surface area contributed by atoms with Gasteiger partial charge >= 0.3 is 0 Å². The molecule has 0 bridgehead atoms. The van der Waals surface area contributed by atoms with Crippen LogP contribution in [0.2, 0.25) is 5.02 Å². The highest BCUT2D eigenvalue weighted by Crippen LogP contribution is 2.49. The summed E-state index contributed by atoms with van der Waals surface area (Å²) >= 11 is 6.16. The van der Waals surface area contributed by atoms with Gasteiger partial charge in [-0.25, -0.2) is 12.8 Å². The summed E-state index contributed by atoms with van der Waals surface area (Å²) in [6.07, 6.45) is 0.245. The Hall–Kier alpha value is -3.24. The van der Waals surface area contributed by atoms with Crippen LogP contribution in [-0.2, 0) is 39.0 Å². The second-order valence-electron chi connectivity index (χ2n) is 8.26. The molecule has 5 rings (SSSR count). The fourth-order valence-corrected chi connectivity index (χ4v) is 6.41. The van der Waals surface area contributed by atoms with Crippen molar-refractivity contribution in [3.05, 3.63) is 76.5 Å². The van der Waals surface area contributed by atoms with Gasteiger partial charge in [-0.2, -0.15) is 4.98 Å². The van der Waals surface area contributed by atoms with Gasteiger partial charge in [0.05, 0.1) is 11.4 Å². The van der Waals surface area contributed by atoms with Crippen molar-refractivity contribution >= 4 is 38.2 Å². The van der Waals surface area contributed by atoms with Gasteiger partial charge in [0, 0.05) is 34.5 Å². The minimum absolute atomic E-state index is 0.0239. The van der Waals surface area contributed by atoms with Crippen molar-refractivity contribution in [2.75, 3.05) is 0 Å². The summed E-state index contributed by atoms with van der Waals surface area (Å²) in [6, 6.07) is 12.7. The van der Waals surface area contributed by atoms with Crippen LogP contribution < -0.4 is 5.32 Å². The fourth-order valence-electron chi connectivity index (χ4n) is 4.46. The molecular formula is C23H20ClFN4O4S. The summed E-state index contributed by atoms with van der Waals surface area (Å²) in [7, 11) is -4.60. The highest BCUT2D eigenvalue weighted by atomic mass is 35.5. The lowest BCUT2D eigenvalue weighted by Gasteiger charge is -2.27. The predicted octanol–water partition coefficient (Wildman–Crippen LogP) is 3.85. The van der Waals surface area contributed by atoms with Crippen molar-refractivity contribution in [3.63, 3.8) is 0 Å². The summed E-state index contributed by atoms with van der Waals surface area (Å²) in [5.74, 6) is -2.05. The van der Waals surface area contributed by atoms with Crippen LogP contribution in [0.4, 0.5) is 4.39 Å². The average molecular weight is 503 g/mol. The van der Waals surface area contributed by atoms with Crippen LogP contribution in [0.25, 0.3) is 10.9 Å². The number of rotatable bonds is 6. The third-order valence-corrected chi connectivity index (χ3v) is 8.50. The number of nitrogens with one attached hydrogen (secondary N) is 2. The fraction of sp³-hybridized carbons (Fsp3) is 0.261. The maximum Gasteiger partial charge on any atom is 0.295 e. The van der Waals surface area contributed by atoms with E-state index in [0.717, 1.165) is 22.2 Å². The minimum atomic E-state index is -4.60.